The van der Waals surface area contributed by atoms with Gasteiger partial charge in [0.05, 0.1) is 0 Å². The summed E-state index contributed by atoms with van der Waals surface area (Å²) in [6, 6.07) is 0. The standard InChI is InChI=1S/3ClH.K.Pt/h3*1H;;/q;;;;+3/p-3. The van der Waals surface area contributed by atoms with Gasteiger partial charge in [0.25, 0.3) is 0 Å². The van der Waals surface area contributed by atoms with E-state index in [9.17, 15) is 0 Å². The molecule has 0 N–H and O–H groups in total. The maximum absolute atomic E-state index is 4.96. The van der Waals surface area contributed by atoms with Crippen molar-refractivity contribution in [2.75, 3.05) is 0 Å². The van der Waals surface area contributed by atoms with Gasteiger partial charge < -0.3 is 0 Å². The Morgan fingerprint density at radius 1 is 1.00 bits per heavy atom. The third-order valence-corrected chi connectivity index (χ3v) is 0. The summed E-state index contributed by atoms with van der Waals surface area (Å²) >= 11 is -1.85. The molecule has 1 radical (unpaired) electrons. The van der Waals surface area contributed by atoms with Gasteiger partial charge in [-0.3, -0.25) is 0 Å². The second kappa shape index (κ2) is 7.19. The van der Waals surface area contributed by atoms with E-state index in [1.165, 1.54) is 0 Å². The van der Waals surface area contributed by atoms with Crippen LogP contribution in [0.4, 0.5) is 0 Å². The molecule has 0 aromatic rings. The molecule has 0 saturated heterocycles. The molecule has 0 saturated carbocycles. The Labute approximate surface area is 91.3 Å². The van der Waals surface area contributed by atoms with Gasteiger partial charge in [0, 0.05) is 51.4 Å². The van der Waals surface area contributed by atoms with Crippen molar-refractivity contribution < 1.29 is 14.2 Å². The number of halogens is 3. The summed E-state index contributed by atoms with van der Waals surface area (Å²) in [7, 11) is 14.9. The number of hydrogen-bond acceptors (Lipinski definition) is 0. The summed E-state index contributed by atoms with van der Waals surface area (Å²) in [5, 5.41) is 0. The zero-order chi connectivity index (χ0) is 3.58. The molecular weight excluding hydrogens is 341 g/mol. The Bertz CT molecular complexity index is 11.6. The fourth-order valence-corrected chi connectivity index (χ4v) is 0. The van der Waals surface area contributed by atoms with Crippen LogP contribution in [0.1, 0.15) is 0 Å². The second-order valence-corrected chi connectivity index (χ2v) is 9.98. The van der Waals surface area contributed by atoms with Crippen LogP contribution >= 0.6 is 28.3 Å². The smallest absolute Gasteiger partial charge is 0 e. The summed E-state index contributed by atoms with van der Waals surface area (Å²) in [5.74, 6) is 0. The Morgan fingerprint density at radius 3 is 1.00 bits per heavy atom. The van der Waals surface area contributed by atoms with E-state index in [4.69, 9.17) is 28.3 Å². The number of rotatable bonds is 0. The zero-order valence-electron chi connectivity index (χ0n) is 2.45. The average Bonchev–Trinajstić information content (AvgIpc) is 0.811. The van der Waals surface area contributed by atoms with E-state index in [-0.39, 0.29) is 51.4 Å². The molecule has 0 bridgehead atoms. The Hall–Kier alpha value is 3.19. The molecule has 32 valence electrons. The van der Waals surface area contributed by atoms with Gasteiger partial charge in [-0.05, 0) is 0 Å². The molecule has 5 heavy (non-hydrogen) atoms. The van der Waals surface area contributed by atoms with Crippen LogP contribution in [0.2, 0.25) is 0 Å². The van der Waals surface area contributed by atoms with Gasteiger partial charge in [-0.1, -0.05) is 0 Å². The van der Waals surface area contributed by atoms with Crippen molar-refractivity contribution in [3.63, 3.8) is 0 Å². The summed E-state index contributed by atoms with van der Waals surface area (Å²) in [6.45, 7) is 0. The molecular formula is Cl3KPt. The van der Waals surface area contributed by atoms with Gasteiger partial charge in [-0.2, -0.15) is 0 Å². The van der Waals surface area contributed by atoms with E-state index < -0.39 is 14.2 Å². The van der Waals surface area contributed by atoms with Gasteiger partial charge in [-0.25, -0.2) is 0 Å². The van der Waals surface area contributed by atoms with Gasteiger partial charge >= 0.3 is 42.4 Å². The molecule has 0 aliphatic rings. The minimum atomic E-state index is -1.85. The van der Waals surface area contributed by atoms with Gasteiger partial charge in [0.1, 0.15) is 0 Å². The summed E-state index contributed by atoms with van der Waals surface area (Å²) < 4.78 is 0. The van der Waals surface area contributed by atoms with Crippen molar-refractivity contribution >= 4 is 79.6 Å². The van der Waals surface area contributed by atoms with Crippen molar-refractivity contribution in [1.82, 2.24) is 0 Å². The predicted octanol–water partition coefficient (Wildman–Crippen LogP) is 1.69. The van der Waals surface area contributed by atoms with Crippen molar-refractivity contribution in [3.8, 4) is 0 Å². The predicted molar refractivity (Wildman–Crippen MR) is 23.3 cm³/mol. The molecule has 0 aromatic carbocycles. The van der Waals surface area contributed by atoms with Crippen LogP contribution in [0.5, 0.6) is 0 Å². The number of hydrogen-bond donors (Lipinski definition) is 0. The first-order valence-electron chi connectivity index (χ1n) is 0.359. The molecule has 5 heteroatoms. The van der Waals surface area contributed by atoms with Crippen molar-refractivity contribution in [3.05, 3.63) is 0 Å². The monoisotopic (exact) mass is 339 g/mol. The first kappa shape index (κ1) is 11.1. The summed E-state index contributed by atoms with van der Waals surface area (Å²) in [5.41, 5.74) is 0. The fourth-order valence-electron chi connectivity index (χ4n) is 0. The first-order chi connectivity index (χ1) is 1.73. The third-order valence-electron chi connectivity index (χ3n) is 0. The zero-order valence-corrected chi connectivity index (χ0v) is 10.1. The molecule has 0 nitrogen and oxygen atoms in total. The van der Waals surface area contributed by atoms with E-state index in [1.54, 1.807) is 0 Å². The van der Waals surface area contributed by atoms with Crippen LogP contribution in [-0.4, -0.2) is 51.4 Å². The topological polar surface area (TPSA) is 0 Å². The maximum atomic E-state index is 4.96. The van der Waals surface area contributed by atoms with E-state index >= 15 is 0 Å². The molecule has 0 atom stereocenters. The Kier molecular flexibility index (Phi) is 15.9. The van der Waals surface area contributed by atoms with E-state index in [0.717, 1.165) is 0 Å². The largest absolute Gasteiger partial charge is 0 e. The van der Waals surface area contributed by atoms with Crippen LogP contribution in [-0.2, 0) is 14.2 Å². The van der Waals surface area contributed by atoms with Crippen molar-refractivity contribution in [2.24, 2.45) is 0 Å². The first-order valence-corrected chi connectivity index (χ1v) is 8.81. The molecule has 0 aromatic heterocycles. The average molecular weight is 341 g/mol. The van der Waals surface area contributed by atoms with Crippen molar-refractivity contribution in [1.29, 1.82) is 0 Å². The van der Waals surface area contributed by atoms with E-state index in [0.29, 0.717) is 0 Å². The molecule has 0 unspecified atom stereocenters. The van der Waals surface area contributed by atoms with Gasteiger partial charge in [0.15, 0.2) is 0 Å². The van der Waals surface area contributed by atoms with Crippen molar-refractivity contribution in [2.45, 2.75) is 0 Å². The molecule has 0 amide bonds. The normalized spacial score (nSPS) is 9.00. The molecule has 0 aliphatic carbocycles. The second-order valence-electron chi connectivity index (χ2n) is 0.136. The maximum Gasteiger partial charge on any atom is 0 e. The van der Waals surface area contributed by atoms with Crippen LogP contribution in [0.15, 0.2) is 0 Å². The molecule has 0 spiro atoms. The molecule has 0 fully saturated rings. The Balaban J connectivity index is 0. The third kappa shape index (κ3) is 19.0. The quantitative estimate of drug-likeness (QED) is 0.589. The minimum absolute atomic E-state index is 0. The van der Waals surface area contributed by atoms with Gasteiger partial charge in [-0.15, -0.1) is 0 Å². The van der Waals surface area contributed by atoms with Crippen LogP contribution < -0.4 is 0 Å². The van der Waals surface area contributed by atoms with Crippen LogP contribution in [0.25, 0.3) is 0 Å². The SMILES string of the molecule is [Cl][Pt]([Cl])[Cl].[K]. The molecule has 0 aliphatic heterocycles. The fraction of sp³-hybridized carbons (Fsp3) is 0. The summed E-state index contributed by atoms with van der Waals surface area (Å²) in [4.78, 5) is 0. The van der Waals surface area contributed by atoms with E-state index in [1.807, 2.05) is 0 Å². The molecule has 0 rings (SSSR count). The van der Waals surface area contributed by atoms with Crippen LogP contribution in [0, 0.1) is 0 Å². The van der Waals surface area contributed by atoms with Crippen LogP contribution in [0.3, 0.4) is 0 Å². The molecule has 0 heterocycles. The Morgan fingerprint density at radius 2 is 1.00 bits per heavy atom. The minimum Gasteiger partial charge on any atom is 0 e. The van der Waals surface area contributed by atoms with E-state index in [2.05, 4.69) is 0 Å². The summed E-state index contributed by atoms with van der Waals surface area (Å²) in [6.07, 6.45) is 0. The van der Waals surface area contributed by atoms with Gasteiger partial charge in [0.2, 0.25) is 0 Å².